The van der Waals surface area contributed by atoms with Gasteiger partial charge < -0.3 is 10.1 Å². The number of aryl methyl sites for hydroxylation is 1. The molecule has 9 nitrogen and oxygen atoms in total. The van der Waals surface area contributed by atoms with Gasteiger partial charge in [0, 0.05) is 6.04 Å². The third kappa shape index (κ3) is 4.51. The minimum Gasteiger partial charge on any atom is -0.448 e. The van der Waals surface area contributed by atoms with Crippen molar-refractivity contribution in [2.75, 3.05) is 11.5 Å². The predicted octanol–water partition coefficient (Wildman–Crippen LogP) is 0.424. The molecule has 2 aromatic rings. The summed E-state index contributed by atoms with van der Waals surface area (Å²) in [7, 11) is -3.11. The van der Waals surface area contributed by atoms with Crippen LogP contribution < -0.4 is 5.32 Å². The van der Waals surface area contributed by atoms with Crippen LogP contribution in [-0.2, 0) is 19.4 Å². The standard InChI is InChI=1S/C17H20N4O5S/c1-11-15(20-21(19-11)14-6-4-3-5-7-14)17(23)26-12(2)16(22)18-13-8-9-27(24,25)10-13/h3-7,12-13H,8-10H2,1-2H3,(H,18,22)/t12-,13-/m0/s1. The smallest absolute Gasteiger partial charge is 0.361 e. The second-order valence-corrected chi connectivity index (χ2v) is 8.64. The Morgan fingerprint density at radius 1 is 1.26 bits per heavy atom. The maximum atomic E-state index is 12.4. The number of esters is 1. The van der Waals surface area contributed by atoms with Gasteiger partial charge in [0.1, 0.15) is 0 Å². The molecule has 1 fully saturated rings. The molecule has 27 heavy (non-hydrogen) atoms. The molecule has 1 aromatic carbocycles. The summed E-state index contributed by atoms with van der Waals surface area (Å²) in [5.41, 5.74) is 1.08. The molecule has 1 N–H and O–H groups in total. The lowest BCUT2D eigenvalue weighted by Crippen LogP contribution is -2.42. The molecule has 0 spiro atoms. The molecule has 2 heterocycles. The number of ether oxygens (including phenoxy) is 1. The first-order chi connectivity index (χ1) is 12.7. The molecule has 2 atom stereocenters. The van der Waals surface area contributed by atoms with Gasteiger partial charge in [-0.25, -0.2) is 13.2 Å². The van der Waals surface area contributed by atoms with Crippen molar-refractivity contribution in [1.82, 2.24) is 20.3 Å². The van der Waals surface area contributed by atoms with E-state index in [1.54, 1.807) is 19.1 Å². The highest BCUT2D eigenvalue weighted by Crippen LogP contribution is 2.13. The van der Waals surface area contributed by atoms with Gasteiger partial charge in [0.15, 0.2) is 21.6 Å². The van der Waals surface area contributed by atoms with Crippen molar-refractivity contribution in [3.05, 3.63) is 41.7 Å². The number of hydrogen-bond acceptors (Lipinski definition) is 7. The van der Waals surface area contributed by atoms with Crippen LogP contribution in [0.3, 0.4) is 0 Å². The Kier molecular flexibility index (Phi) is 5.26. The molecule has 1 saturated heterocycles. The lowest BCUT2D eigenvalue weighted by atomic mass is 10.2. The Morgan fingerprint density at radius 3 is 2.59 bits per heavy atom. The minimum atomic E-state index is -3.11. The molecular weight excluding hydrogens is 372 g/mol. The minimum absolute atomic E-state index is 0.0157. The monoisotopic (exact) mass is 392 g/mol. The van der Waals surface area contributed by atoms with E-state index >= 15 is 0 Å². The SMILES string of the molecule is Cc1nn(-c2ccccc2)nc1C(=O)O[C@@H](C)C(=O)N[C@H]1CCS(=O)(=O)C1. The van der Waals surface area contributed by atoms with Crippen molar-refractivity contribution in [3.63, 3.8) is 0 Å². The maximum absolute atomic E-state index is 12.4. The number of nitrogens with zero attached hydrogens (tertiary/aromatic N) is 3. The summed E-state index contributed by atoms with van der Waals surface area (Å²) in [6.07, 6.45) is -0.721. The van der Waals surface area contributed by atoms with E-state index in [0.717, 1.165) is 0 Å². The van der Waals surface area contributed by atoms with Crippen LogP contribution >= 0.6 is 0 Å². The summed E-state index contributed by atoms with van der Waals surface area (Å²) in [4.78, 5) is 25.8. The average molecular weight is 392 g/mol. The van der Waals surface area contributed by atoms with Gasteiger partial charge in [-0.2, -0.15) is 9.90 Å². The second-order valence-electron chi connectivity index (χ2n) is 6.42. The molecule has 0 unspecified atom stereocenters. The molecule has 1 aromatic heterocycles. The van der Waals surface area contributed by atoms with Gasteiger partial charge in [0.05, 0.1) is 22.9 Å². The van der Waals surface area contributed by atoms with Crippen molar-refractivity contribution in [3.8, 4) is 5.69 Å². The van der Waals surface area contributed by atoms with Crippen LogP contribution in [0.15, 0.2) is 30.3 Å². The van der Waals surface area contributed by atoms with Crippen LogP contribution in [0.25, 0.3) is 5.69 Å². The highest BCUT2D eigenvalue weighted by Gasteiger charge is 2.31. The fourth-order valence-corrected chi connectivity index (χ4v) is 4.41. The maximum Gasteiger partial charge on any atom is 0.361 e. The van der Waals surface area contributed by atoms with E-state index in [2.05, 4.69) is 15.5 Å². The molecular formula is C17H20N4O5S. The molecule has 0 saturated carbocycles. The Labute approximate surface area is 156 Å². The Balaban J connectivity index is 1.63. The fourth-order valence-electron chi connectivity index (χ4n) is 2.74. The molecule has 3 rings (SSSR count). The van der Waals surface area contributed by atoms with Gasteiger partial charge in [-0.15, -0.1) is 5.10 Å². The molecule has 0 bridgehead atoms. The molecule has 0 radical (unpaired) electrons. The Hall–Kier alpha value is -2.75. The molecule has 144 valence electrons. The van der Waals surface area contributed by atoms with E-state index in [4.69, 9.17) is 4.74 Å². The average Bonchev–Trinajstić information content (AvgIpc) is 3.17. The first-order valence-corrected chi connectivity index (χ1v) is 10.3. The van der Waals surface area contributed by atoms with Crippen molar-refractivity contribution in [2.24, 2.45) is 0 Å². The first-order valence-electron chi connectivity index (χ1n) is 8.46. The van der Waals surface area contributed by atoms with E-state index in [-0.39, 0.29) is 17.2 Å². The summed E-state index contributed by atoms with van der Waals surface area (Å²) in [6.45, 7) is 3.05. The third-order valence-corrected chi connectivity index (χ3v) is 5.96. The molecule has 1 amide bonds. The zero-order valence-corrected chi connectivity index (χ0v) is 15.8. The largest absolute Gasteiger partial charge is 0.448 e. The van der Waals surface area contributed by atoms with Crippen molar-refractivity contribution in [1.29, 1.82) is 0 Å². The van der Waals surface area contributed by atoms with Crippen LogP contribution in [-0.4, -0.2) is 58.9 Å². The number of para-hydroxylation sites is 1. The molecule has 1 aliphatic heterocycles. The number of hydrogen-bond donors (Lipinski definition) is 1. The number of benzene rings is 1. The van der Waals surface area contributed by atoms with Crippen LogP contribution in [0.5, 0.6) is 0 Å². The van der Waals surface area contributed by atoms with Gasteiger partial charge in [0.2, 0.25) is 0 Å². The summed E-state index contributed by atoms with van der Waals surface area (Å²) in [5, 5.41) is 10.9. The van der Waals surface area contributed by atoms with Gasteiger partial charge in [0.25, 0.3) is 5.91 Å². The lowest BCUT2D eigenvalue weighted by molar-refractivity contribution is -0.129. The number of rotatable bonds is 5. The van der Waals surface area contributed by atoms with Crippen molar-refractivity contribution >= 4 is 21.7 Å². The lowest BCUT2D eigenvalue weighted by Gasteiger charge is -2.16. The number of nitrogens with one attached hydrogen (secondary N) is 1. The highest BCUT2D eigenvalue weighted by molar-refractivity contribution is 7.91. The molecule has 1 aliphatic rings. The summed E-state index contributed by atoms with van der Waals surface area (Å²) in [6, 6.07) is 8.62. The predicted molar refractivity (Wildman–Crippen MR) is 96.2 cm³/mol. The second kappa shape index (κ2) is 7.47. The number of sulfone groups is 1. The van der Waals surface area contributed by atoms with Crippen LogP contribution in [0.4, 0.5) is 0 Å². The number of carbonyl (C=O) groups is 2. The zero-order valence-electron chi connectivity index (χ0n) is 15.0. The van der Waals surface area contributed by atoms with E-state index in [0.29, 0.717) is 17.8 Å². The molecule has 10 heteroatoms. The third-order valence-electron chi connectivity index (χ3n) is 4.19. The normalized spacial score (nSPS) is 19.4. The summed E-state index contributed by atoms with van der Waals surface area (Å²) < 4.78 is 28.1. The fraction of sp³-hybridized carbons (Fsp3) is 0.412. The van der Waals surface area contributed by atoms with Crippen molar-refractivity contribution in [2.45, 2.75) is 32.4 Å². The van der Waals surface area contributed by atoms with Gasteiger partial charge in [-0.05, 0) is 32.4 Å². The Bertz CT molecular complexity index is 955. The van der Waals surface area contributed by atoms with E-state index < -0.39 is 33.9 Å². The van der Waals surface area contributed by atoms with E-state index in [1.807, 2.05) is 18.2 Å². The first kappa shape index (κ1) is 19.0. The summed E-state index contributed by atoms with van der Waals surface area (Å²) >= 11 is 0. The van der Waals surface area contributed by atoms with E-state index in [1.165, 1.54) is 11.7 Å². The van der Waals surface area contributed by atoms with Crippen LogP contribution in [0.1, 0.15) is 29.5 Å². The number of amides is 1. The quantitative estimate of drug-likeness (QED) is 0.732. The summed E-state index contributed by atoms with van der Waals surface area (Å²) in [5.74, 6) is -1.35. The van der Waals surface area contributed by atoms with E-state index in [9.17, 15) is 18.0 Å². The number of aromatic nitrogens is 3. The van der Waals surface area contributed by atoms with Crippen LogP contribution in [0.2, 0.25) is 0 Å². The zero-order chi connectivity index (χ0) is 19.6. The highest BCUT2D eigenvalue weighted by atomic mass is 32.2. The van der Waals surface area contributed by atoms with Crippen LogP contribution in [0, 0.1) is 6.92 Å². The molecule has 0 aliphatic carbocycles. The van der Waals surface area contributed by atoms with Gasteiger partial charge >= 0.3 is 5.97 Å². The van der Waals surface area contributed by atoms with Gasteiger partial charge in [-0.3, -0.25) is 4.79 Å². The Morgan fingerprint density at radius 2 is 1.96 bits per heavy atom. The van der Waals surface area contributed by atoms with Gasteiger partial charge in [-0.1, -0.05) is 18.2 Å². The van der Waals surface area contributed by atoms with Crippen molar-refractivity contribution < 1.29 is 22.7 Å². The number of carbonyl (C=O) groups excluding carboxylic acids is 2. The topological polar surface area (TPSA) is 120 Å².